The second-order valence-corrected chi connectivity index (χ2v) is 4.48. The monoisotopic (exact) mass is 269 g/mol. The molecule has 1 aromatic carbocycles. The molecule has 102 valence electrons. The molecule has 1 aromatic rings. The van der Waals surface area contributed by atoms with E-state index in [1.54, 1.807) is 6.07 Å². The third-order valence-corrected chi connectivity index (χ3v) is 3.16. The summed E-state index contributed by atoms with van der Waals surface area (Å²) in [6.45, 7) is 3.22. The number of hydrogen-bond acceptors (Lipinski definition) is 3. The van der Waals surface area contributed by atoms with Crippen LogP contribution in [0.2, 0.25) is 0 Å². The molecule has 1 aliphatic heterocycles. The van der Waals surface area contributed by atoms with Crippen molar-refractivity contribution in [3.8, 4) is 6.07 Å². The molecular formula is C13H14F3N3. The minimum absolute atomic E-state index is 0.174. The van der Waals surface area contributed by atoms with Crippen LogP contribution in [0.4, 0.5) is 13.2 Å². The van der Waals surface area contributed by atoms with Gasteiger partial charge in [0.1, 0.15) is 0 Å². The smallest absolute Gasteiger partial charge is 0.314 e. The summed E-state index contributed by atoms with van der Waals surface area (Å²) in [4.78, 5) is 1.96. The topological polar surface area (TPSA) is 39.1 Å². The molecule has 0 spiro atoms. The van der Waals surface area contributed by atoms with Crippen LogP contribution < -0.4 is 5.32 Å². The Morgan fingerprint density at radius 1 is 1.26 bits per heavy atom. The van der Waals surface area contributed by atoms with Gasteiger partial charge in [-0.2, -0.15) is 18.4 Å². The Hall–Kier alpha value is -1.58. The van der Waals surface area contributed by atoms with E-state index in [4.69, 9.17) is 5.26 Å². The van der Waals surface area contributed by atoms with Gasteiger partial charge in [-0.15, -0.1) is 0 Å². The molecule has 0 unspecified atom stereocenters. The van der Waals surface area contributed by atoms with E-state index in [1.165, 1.54) is 18.2 Å². The Bertz CT molecular complexity index is 485. The summed E-state index contributed by atoms with van der Waals surface area (Å²) in [6.07, 6.45) is -4.49. The lowest BCUT2D eigenvalue weighted by molar-refractivity contribution is -0.138. The van der Waals surface area contributed by atoms with E-state index >= 15 is 0 Å². The van der Waals surface area contributed by atoms with E-state index in [1.807, 2.05) is 4.90 Å². The molecule has 6 heteroatoms. The molecule has 1 heterocycles. The maximum absolute atomic E-state index is 13.1. The zero-order valence-electron chi connectivity index (χ0n) is 10.3. The Morgan fingerprint density at radius 2 is 1.95 bits per heavy atom. The molecular weight excluding hydrogens is 255 g/mol. The highest BCUT2D eigenvalue weighted by Gasteiger charge is 2.36. The first kappa shape index (κ1) is 13.8. The number of nitrogens with zero attached hydrogens (tertiary/aromatic N) is 2. The summed E-state index contributed by atoms with van der Waals surface area (Å²) in [6, 6.07) is 5.80. The quantitative estimate of drug-likeness (QED) is 0.892. The Labute approximate surface area is 109 Å². The molecule has 0 atom stereocenters. The molecule has 19 heavy (non-hydrogen) atoms. The zero-order chi connectivity index (χ0) is 13.9. The Morgan fingerprint density at radius 3 is 2.53 bits per heavy atom. The van der Waals surface area contributed by atoms with Crippen molar-refractivity contribution in [2.75, 3.05) is 26.2 Å². The van der Waals surface area contributed by atoms with Gasteiger partial charge in [0, 0.05) is 32.7 Å². The van der Waals surface area contributed by atoms with Gasteiger partial charge in [-0.25, -0.2) is 0 Å². The number of rotatable bonds is 2. The average Bonchev–Trinajstić information content (AvgIpc) is 2.38. The van der Waals surface area contributed by atoms with E-state index in [9.17, 15) is 13.2 Å². The molecule has 2 rings (SSSR count). The largest absolute Gasteiger partial charge is 0.417 e. The summed E-state index contributed by atoms with van der Waals surface area (Å²) in [5, 5.41) is 12.0. The van der Waals surface area contributed by atoms with Crippen molar-refractivity contribution in [3.63, 3.8) is 0 Å². The predicted octanol–water partition coefficient (Wildman–Crippen LogP) is 1.98. The maximum Gasteiger partial charge on any atom is 0.417 e. The van der Waals surface area contributed by atoms with Crippen LogP contribution in [0.15, 0.2) is 18.2 Å². The first-order valence-electron chi connectivity index (χ1n) is 6.04. The van der Waals surface area contributed by atoms with Crippen molar-refractivity contribution >= 4 is 0 Å². The van der Waals surface area contributed by atoms with Crippen LogP contribution in [-0.2, 0) is 12.7 Å². The van der Waals surface area contributed by atoms with Gasteiger partial charge in [0.15, 0.2) is 0 Å². The normalized spacial score (nSPS) is 17.2. The first-order chi connectivity index (χ1) is 9.02. The van der Waals surface area contributed by atoms with E-state index < -0.39 is 11.7 Å². The third-order valence-electron chi connectivity index (χ3n) is 3.16. The van der Waals surface area contributed by atoms with Gasteiger partial charge in [-0.3, -0.25) is 4.90 Å². The van der Waals surface area contributed by atoms with Gasteiger partial charge in [-0.1, -0.05) is 12.1 Å². The highest BCUT2D eigenvalue weighted by Crippen LogP contribution is 2.35. The molecule has 1 N–H and O–H groups in total. The Balaban J connectivity index is 2.31. The zero-order valence-corrected chi connectivity index (χ0v) is 10.3. The number of nitrogens with one attached hydrogen (secondary N) is 1. The third kappa shape index (κ3) is 3.25. The highest BCUT2D eigenvalue weighted by molar-refractivity contribution is 5.44. The molecule has 0 aliphatic carbocycles. The van der Waals surface area contributed by atoms with Gasteiger partial charge in [0.2, 0.25) is 0 Å². The van der Waals surface area contributed by atoms with E-state index in [0.717, 1.165) is 13.1 Å². The molecule has 1 fully saturated rings. The summed E-state index contributed by atoms with van der Waals surface area (Å²) in [5.74, 6) is 0. The molecule has 0 aromatic heterocycles. The fourth-order valence-corrected chi connectivity index (χ4v) is 2.27. The summed E-state index contributed by atoms with van der Waals surface area (Å²) < 4.78 is 39.2. The van der Waals surface area contributed by atoms with Gasteiger partial charge in [-0.05, 0) is 11.6 Å². The van der Waals surface area contributed by atoms with Crippen molar-refractivity contribution in [1.29, 1.82) is 5.26 Å². The predicted molar refractivity (Wildman–Crippen MR) is 64.3 cm³/mol. The highest BCUT2D eigenvalue weighted by atomic mass is 19.4. The van der Waals surface area contributed by atoms with Crippen LogP contribution in [0.5, 0.6) is 0 Å². The summed E-state index contributed by atoms with van der Waals surface area (Å²) in [7, 11) is 0. The molecule has 1 aliphatic rings. The fourth-order valence-electron chi connectivity index (χ4n) is 2.27. The number of nitriles is 1. The molecule has 3 nitrogen and oxygen atoms in total. The lowest BCUT2D eigenvalue weighted by Gasteiger charge is -2.28. The second-order valence-electron chi connectivity index (χ2n) is 4.48. The number of halogens is 3. The van der Waals surface area contributed by atoms with Gasteiger partial charge >= 0.3 is 6.18 Å². The number of benzene rings is 1. The van der Waals surface area contributed by atoms with Crippen molar-refractivity contribution in [2.24, 2.45) is 0 Å². The molecule has 0 saturated carbocycles. The standard InChI is InChI=1S/C13H14F3N3/c14-13(15,16)12-10(8-17)2-1-3-11(12)9-19-6-4-18-5-7-19/h1-3,18H,4-7,9H2. The number of alkyl halides is 3. The summed E-state index contributed by atoms with van der Waals surface area (Å²) in [5.41, 5.74) is -0.926. The summed E-state index contributed by atoms with van der Waals surface area (Å²) >= 11 is 0. The van der Waals surface area contributed by atoms with Crippen molar-refractivity contribution < 1.29 is 13.2 Å². The van der Waals surface area contributed by atoms with Crippen LogP contribution in [0.3, 0.4) is 0 Å². The number of piperazine rings is 1. The lowest BCUT2D eigenvalue weighted by atomic mass is 10.0. The minimum Gasteiger partial charge on any atom is -0.314 e. The van der Waals surface area contributed by atoms with Crippen LogP contribution in [0.25, 0.3) is 0 Å². The van der Waals surface area contributed by atoms with Crippen molar-refractivity contribution in [1.82, 2.24) is 10.2 Å². The van der Waals surface area contributed by atoms with Gasteiger partial charge in [0.05, 0.1) is 17.2 Å². The van der Waals surface area contributed by atoms with E-state index in [2.05, 4.69) is 5.32 Å². The van der Waals surface area contributed by atoms with Crippen LogP contribution in [0, 0.1) is 11.3 Å². The van der Waals surface area contributed by atoms with Crippen molar-refractivity contribution in [3.05, 3.63) is 34.9 Å². The molecule has 0 bridgehead atoms. The maximum atomic E-state index is 13.1. The van der Waals surface area contributed by atoms with E-state index in [-0.39, 0.29) is 17.7 Å². The van der Waals surface area contributed by atoms with Crippen LogP contribution in [-0.4, -0.2) is 31.1 Å². The lowest BCUT2D eigenvalue weighted by Crippen LogP contribution is -2.43. The van der Waals surface area contributed by atoms with Crippen molar-refractivity contribution in [2.45, 2.75) is 12.7 Å². The second kappa shape index (κ2) is 5.59. The first-order valence-corrected chi connectivity index (χ1v) is 6.04. The van der Waals surface area contributed by atoms with Crippen LogP contribution in [0.1, 0.15) is 16.7 Å². The van der Waals surface area contributed by atoms with E-state index in [0.29, 0.717) is 13.1 Å². The molecule has 1 saturated heterocycles. The Kier molecular flexibility index (Phi) is 4.08. The van der Waals surface area contributed by atoms with Gasteiger partial charge < -0.3 is 5.32 Å². The van der Waals surface area contributed by atoms with Crippen LogP contribution >= 0.6 is 0 Å². The average molecular weight is 269 g/mol. The number of hydrogen-bond donors (Lipinski definition) is 1. The SMILES string of the molecule is N#Cc1cccc(CN2CCNCC2)c1C(F)(F)F. The molecule has 0 amide bonds. The minimum atomic E-state index is -4.49. The van der Waals surface area contributed by atoms with Gasteiger partial charge in [0.25, 0.3) is 0 Å². The fraction of sp³-hybridized carbons (Fsp3) is 0.462. The molecule has 0 radical (unpaired) electrons.